The smallest absolute Gasteiger partial charge is 0.352 e. The zero-order chi connectivity index (χ0) is 17.0. The first kappa shape index (κ1) is 20.0. The SMILES string of the molecule is Cc1ccc(-n2ncc(C(=O)NCCCN)c2C(F)(F)F)cc1.Cl. The van der Waals surface area contributed by atoms with Crippen molar-refractivity contribution in [3.8, 4) is 5.69 Å². The molecule has 0 unspecified atom stereocenters. The highest BCUT2D eigenvalue weighted by Gasteiger charge is 2.40. The average Bonchev–Trinajstić information content (AvgIpc) is 2.93. The molecule has 132 valence electrons. The monoisotopic (exact) mass is 362 g/mol. The van der Waals surface area contributed by atoms with E-state index >= 15 is 0 Å². The number of rotatable bonds is 5. The van der Waals surface area contributed by atoms with Gasteiger partial charge < -0.3 is 11.1 Å². The average molecular weight is 363 g/mol. The van der Waals surface area contributed by atoms with Crippen molar-refractivity contribution in [2.45, 2.75) is 19.5 Å². The molecule has 0 aliphatic rings. The number of hydrogen-bond donors (Lipinski definition) is 2. The molecule has 3 N–H and O–H groups in total. The van der Waals surface area contributed by atoms with E-state index in [0.717, 1.165) is 16.4 Å². The second-order valence-electron chi connectivity index (χ2n) is 5.05. The fourth-order valence-corrected chi connectivity index (χ4v) is 2.07. The van der Waals surface area contributed by atoms with Crippen LogP contribution in [0.5, 0.6) is 0 Å². The molecule has 0 fully saturated rings. The maximum atomic E-state index is 13.4. The molecule has 0 atom stereocenters. The quantitative estimate of drug-likeness (QED) is 0.803. The summed E-state index contributed by atoms with van der Waals surface area (Å²) in [7, 11) is 0. The topological polar surface area (TPSA) is 72.9 Å². The van der Waals surface area contributed by atoms with Crippen LogP contribution in [0.25, 0.3) is 5.69 Å². The molecule has 1 amide bonds. The molecule has 5 nitrogen and oxygen atoms in total. The van der Waals surface area contributed by atoms with Crippen molar-refractivity contribution >= 4 is 18.3 Å². The summed E-state index contributed by atoms with van der Waals surface area (Å²) in [4.78, 5) is 12.0. The minimum absolute atomic E-state index is 0. The van der Waals surface area contributed by atoms with Crippen molar-refractivity contribution in [2.24, 2.45) is 5.73 Å². The van der Waals surface area contributed by atoms with Crippen LogP contribution in [0.4, 0.5) is 13.2 Å². The Kier molecular flexibility index (Phi) is 6.80. The van der Waals surface area contributed by atoms with Gasteiger partial charge in [0.2, 0.25) is 0 Å². The van der Waals surface area contributed by atoms with Crippen molar-refractivity contribution in [1.82, 2.24) is 15.1 Å². The minimum Gasteiger partial charge on any atom is -0.352 e. The maximum Gasteiger partial charge on any atom is 0.434 e. The van der Waals surface area contributed by atoms with Crippen LogP contribution in [0.3, 0.4) is 0 Å². The summed E-state index contributed by atoms with van der Waals surface area (Å²) in [5.74, 6) is -0.816. The van der Waals surface area contributed by atoms with Gasteiger partial charge in [-0.05, 0) is 32.0 Å². The van der Waals surface area contributed by atoms with Gasteiger partial charge in [-0.3, -0.25) is 4.79 Å². The van der Waals surface area contributed by atoms with Gasteiger partial charge in [-0.25, -0.2) is 4.68 Å². The van der Waals surface area contributed by atoms with Gasteiger partial charge in [0.15, 0.2) is 5.69 Å². The number of nitrogens with zero attached hydrogens (tertiary/aromatic N) is 2. The molecular weight excluding hydrogens is 345 g/mol. The standard InChI is InChI=1S/C15H17F3N4O.ClH/c1-10-3-5-11(6-4-10)22-13(15(16,17)18)12(9-21-22)14(23)20-8-2-7-19;/h3-6,9H,2,7-8,19H2,1H3,(H,20,23);1H. The highest BCUT2D eigenvalue weighted by Crippen LogP contribution is 2.33. The Morgan fingerprint density at radius 3 is 2.46 bits per heavy atom. The van der Waals surface area contributed by atoms with Gasteiger partial charge in [0, 0.05) is 6.54 Å². The third-order valence-corrected chi connectivity index (χ3v) is 3.23. The van der Waals surface area contributed by atoms with Gasteiger partial charge in [0.1, 0.15) is 0 Å². The highest BCUT2D eigenvalue weighted by atomic mass is 35.5. The Labute approximate surface area is 143 Å². The molecule has 0 aliphatic heterocycles. The van der Waals surface area contributed by atoms with Crippen LogP contribution >= 0.6 is 12.4 Å². The largest absolute Gasteiger partial charge is 0.434 e. The Morgan fingerprint density at radius 1 is 1.29 bits per heavy atom. The number of aryl methyl sites for hydroxylation is 1. The number of aromatic nitrogens is 2. The molecule has 0 saturated carbocycles. The van der Waals surface area contributed by atoms with E-state index in [2.05, 4.69) is 10.4 Å². The number of hydrogen-bond acceptors (Lipinski definition) is 3. The van der Waals surface area contributed by atoms with Crippen LogP contribution in [0.15, 0.2) is 30.5 Å². The van der Waals surface area contributed by atoms with E-state index in [1.165, 1.54) is 12.1 Å². The highest BCUT2D eigenvalue weighted by molar-refractivity contribution is 5.95. The van der Waals surface area contributed by atoms with Crippen LogP contribution in [0.1, 0.15) is 28.0 Å². The number of carbonyl (C=O) groups is 1. The van der Waals surface area contributed by atoms with Crippen molar-refractivity contribution in [3.63, 3.8) is 0 Å². The number of benzene rings is 1. The van der Waals surface area contributed by atoms with E-state index in [0.29, 0.717) is 13.0 Å². The lowest BCUT2D eigenvalue weighted by Crippen LogP contribution is -2.28. The molecule has 1 aromatic heterocycles. The molecule has 9 heteroatoms. The predicted molar refractivity (Wildman–Crippen MR) is 86.6 cm³/mol. The van der Waals surface area contributed by atoms with Gasteiger partial charge in [-0.15, -0.1) is 12.4 Å². The zero-order valence-electron chi connectivity index (χ0n) is 12.9. The van der Waals surface area contributed by atoms with Crippen molar-refractivity contribution in [3.05, 3.63) is 47.3 Å². The van der Waals surface area contributed by atoms with Crippen LogP contribution < -0.4 is 11.1 Å². The lowest BCUT2D eigenvalue weighted by Gasteiger charge is -2.13. The molecule has 0 saturated heterocycles. The molecule has 0 radical (unpaired) electrons. The molecule has 2 aromatic rings. The van der Waals surface area contributed by atoms with E-state index in [-0.39, 0.29) is 24.6 Å². The van der Waals surface area contributed by atoms with Gasteiger partial charge in [-0.1, -0.05) is 17.7 Å². The lowest BCUT2D eigenvalue weighted by molar-refractivity contribution is -0.143. The summed E-state index contributed by atoms with van der Waals surface area (Å²) in [5, 5.41) is 6.16. The third-order valence-electron chi connectivity index (χ3n) is 3.23. The molecule has 1 heterocycles. The van der Waals surface area contributed by atoms with E-state index in [1.54, 1.807) is 12.1 Å². The maximum absolute atomic E-state index is 13.4. The number of halogens is 4. The summed E-state index contributed by atoms with van der Waals surface area (Å²) in [6, 6.07) is 6.40. The van der Waals surface area contributed by atoms with Gasteiger partial charge in [0.05, 0.1) is 17.4 Å². The van der Waals surface area contributed by atoms with E-state index in [4.69, 9.17) is 5.73 Å². The zero-order valence-corrected chi connectivity index (χ0v) is 13.7. The Morgan fingerprint density at radius 2 is 1.92 bits per heavy atom. The molecule has 2 rings (SSSR count). The van der Waals surface area contributed by atoms with Crippen molar-refractivity contribution in [2.75, 3.05) is 13.1 Å². The Balaban J connectivity index is 0.00000288. The molecule has 0 spiro atoms. The Bertz CT molecular complexity index is 683. The normalized spacial score (nSPS) is 11.0. The van der Waals surface area contributed by atoms with Crippen LogP contribution in [0, 0.1) is 6.92 Å². The molecular formula is C15H18ClF3N4O. The first-order valence-electron chi connectivity index (χ1n) is 7.05. The minimum atomic E-state index is -4.71. The number of nitrogens with one attached hydrogen (secondary N) is 1. The summed E-state index contributed by atoms with van der Waals surface area (Å²) in [6.45, 7) is 2.38. The first-order chi connectivity index (χ1) is 10.8. The molecule has 0 bridgehead atoms. The van der Waals surface area contributed by atoms with Gasteiger partial charge in [-0.2, -0.15) is 18.3 Å². The number of nitrogens with two attached hydrogens (primary N) is 1. The van der Waals surface area contributed by atoms with Crippen molar-refractivity contribution in [1.29, 1.82) is 0 Å². The lowest BCUT2D eigenvalue weighted by atomic mass is 10.2. The fourth-order valence-electron chi connectivity index (χ4n) is 2.07. The summed E-state index contributed by atoms with van der Waals surface area (Å²) < 4.78 is 40.9. The predicted octanol–water partition coefficient (Wildman–Crippen LogP) is 2.70. The number of alkyl halides is 3. The molecule has 24 heavy (non-hydrogen) atoms. The van der Waals surface area contributed by atoms with Gasteiger partial charge in [0.25, 0.3) is 5.91 Å². The fraction of sp³-hybridized carbons (Fsp3) is 0.333. The number of amides is 1. The second kappa shape index (κ2) is 8.16. The summed E-state index contributed by atoms with van der Waals surface area (Å²) in [6.07, 6.45) is -3.29. The Hall–Kier alpha value is -2.06. The van der Waals surface area contributed by atoms with Crippen molar-refractivity contribution < 1.29 is 18.0 Å². The summed E-state index contributed by atoms with van der Waals surface area (Å²) >= 11 is 0. The van der Waals surface area contributed by atoms with Crippen LogP contribution in [-0.4, -0.2) is 28.8 Å². The van der Waals surface area contributed by atoms with Gasteiger partial charge >= 0.3 is 6.18 Å². The molecule has 0 aliphatic carbocycles. The van der Waals surface area contributed by atoms with Crippen LogP contribution in [-0.2, 0) is 6.18 Å². The van der Waals surface area contributed by atoms with E-state index < -0.39 is 23.3 Å². The van der Waals surface area contributed by atoms with Crippen LogP contribution in [0.2, 0.25) is 0 Å². The van der Waals surface area contributed by atoms with E-state index in [9.17, 15) is 18.0 Å². The third kappa shape index (κ3) is 4.48. The molecule has 1 aromatic carbocycles. The summed E-state index contributed by atoms with van der Waals surface area (Å²) in [5.41, 5.74) is 4.85. The first-order valence-corrected chi connectivity index (χ1v) is 7.05. The van der Waals surface area contributed by atoms with E-state index in [1.807, 2.05) is 6.92 Å². The second-order valence-corrected chi connectivity index (χ2v) is 5.05. The number of carbonyl (C=O) groups excluding carboxylic acids is 1.